The summed E-state index contributed by atoms with van der Waals surface area (Å²) in [5.41, 5.74) is 2.61. The van der Waals surface area contributed by atoms with Crippen molar-refractivity contribution in [2.75, 3.05) is 26.0 Å². The van der Waals surface area contributed by atoms with Gasteiger partial charge in [-0.15, -0.1) is 0 Å². The van der Waals surface area contributed by atoms with Gasteiger partial charge in [-0.1, -0.05) is 0 Å². The van der Waals surface area contributed by atoms with Crippen LogP contribution >= 0.6 is 0 Å². The molecule has 0 aliphatic heterocycles. The maximum atomic E-state index is 4.70. The van der Waals surface area contributed by atoms with Crippen molar-refractivity contribution in [3.05, 3.63) is 17.1 Å². The minimum absolute atomic E-state index is 0.811. The van der Waals surface area contributed by atoms with E-state index in [1.165, 1.54) is 24.1 Å². The number of nitrogens with one attached hydrogen (secondary N) is 1. The van der Waals surface area contributed by atoms with Gasteiger partial charge in [0.1, 0.15) is 11.6 Å². The highest BCUT2D eigenvalue weighted by Crippen LogP contribution is 2.25. The molecule has 0 atom stereocenters. The minimum Gasteiger partial charge on any atom is -0.370 e. The first-order valence-electron chi connectivity index (χ1n) is 6.48. The third-order valence-electron chi connectivity index (χ3n) is 3.03. The van der Waals surface area contributed by atoms with Gasteiger partial charge in [0.25, 0.3) is 0 Å². The molecule has 0 fully saturated rings. The molecular formula is C13H22N4. The molecule has 17 heavy (non-hydrogen) atoms. The maximum Gasteiger partial charge on any atom is 0.144 e. The van der Waals surface area contributed by atoms with Gasteiger partial charge in [0.05, 0.1) is 6.54 Å². The van der Waals surface area contributed by atoms with Crippen LogP contribution in [-0.2, 0) is 19.4 Å². The highest BCUT2D eigenvalue weighted by Gasteiger charge is 2.17. The molecule has 2 rings (SSSR count). The van der Waals surface area contributed by atoms with Crippen LogP contribution in [0.15, 0.2) is 0 Å². The lowest BCUT2D eigenvalue weighted by Gasteiger charge is -2.20. The standard InChI is InChI=1S/C13H22N4/c1-4-14-13-10-7-5-6-8-11(10)15-12(16-13)9-17(2)3/h4-9H2,1-3H3,(H,14,15,16). The smallest absolute Gasteiger partial charge is 0.144 e. The van der Waals surface area contributed by atoms with E-state index in [-0.39, 0.29) is 0 Å². The average Bonchev–Trinajstić information content (AvgIpc) is 2.28. The molecule has 0 spiro atoms. The molecule has 1 aromatic rings. The van der Waals surface area contributed by atoms with E-state index in [0.29, 0.717) is 0 Å². The normalized spacial score (nSPS) is 14.8. The first-order chi connectivity index (χ1) is 8.20. The lowest BCUT2D eigenvalue weighted by Crippen LogP contribution is -2.19. The quantitative estimate of drug-likeness (QED) is 0.863. The lowest BCUT2D eigenvalue weighted by atomic mass is 9.96. The Morgan fingerprint density at radius 3 is 2.65 bits per heavy atom. The molecule has 0 radical (unpaired) electrons. The van der Waals surface area contributed by atoms with Crippen molar-refractivity contribution in [2.24, 2.45) is 0 Å². The molecule has 0 bridgehead atoms. The van der Waals surface area contributed by atoms with E-state index >= 15 is 0 Å². The predicted molar refractivity (Wildman–Crippen MR) is 70.2 cm³/mol. The zero-order valence-corrected chi connectivity index (χ0v) is 11.1. The van der Waals surface area contributed by atoms with Crippen molar-refractivity contribution in [3.63, 3.8) is 0 Å². The molecule has 0 aromatic carbocycles. The molecule has 1 aliphatic carbocycles. The topological polar surface area (TPSA) is 41.1 Å². The van der Waals surface area contributed by atoms with E-state index in [0.717, 1.165) is 37.6 Å². The van der Waals surface area contributed by atoms with Gasteiger partial charge in [0.2, 0.25) is 0 Å². The van der Waals surface area contributed by atoms with Crippen LogP contribution in [0.2, 0.25) is 0 Å². The second-order valence-electron chi connectivity index (χ2n) is 4.89. The zero-order valence-electron chi connectivity index (χ0n) is 11.1. The number of fused-ring (bicyclic) bond motifs is 1. The summed E-state index contributed by atoms with van der Waals surface area (Å²) in [6.07, 6.45) is 4.76. The Hall–Kier alpha value is -1.16. The fraction of sp³-hybridized carbons (Fsp3) is 0.692. The van der Waals surface area contributed by atoms with E-state index in [2.05, 4.69) is 36.2 Å². The summed E-state index contributed by atoms with van der Waals surface area (Å²) in [6.45, 7) is 3.85. The second kappa shape index (κ2) is 5.45. The lowest BCUT2D eigenvalue weighted by molar-refractivity contribution is 0.389. The van der Waals surface area contributed by atoms with Crippen LogP contribution in [0.1, 0.15) is 36.8 Å². The number of hydrogen-bond donors (Lipinski definition) is 1. The Labute approximate surface area is 103 Å². The maximum absolute atomic E-state index is 4.70. The minimum atomic E-state index is 0.811. The molecule has 0 saturated heterocycles. The molecular weight excluding hydrogens is 212 g/mol. The van der Waals surface area contributed by atoms with Crippen LogP contribution in [0, 0.1) is 0 Å². The van der Waals surface area contributed by atoms with E-state index in [1.54, 1.807) is 0 Å². The van der Waals surface area contributed by atoms with Crippen LogP contribution in [0.3, 0.4) is 0 Å². The van der Waals surface area contributed by atoms with Crippen molar-refractivity contribution in [1.82, 2.24) is 14.9 Å². The fourth-order valence-electron chi connectivity index (χ4n) is 2.31. The SMILES string of the molecule is CCNc1nc(CN(C)C)nc2c1CCCC2. The number of hydrogen-bond acceptors (Lipinski definition) is 4. The van der Waals surface area contributed by atoms with Crippen molar-refractivity contribution >= 4 is 5.82 Å². The molecule has 1 heterocycles. The summed E-state index contributed by atoms with van der Waals surface area (Å²) < 4.78 is 0. The van der Waals surface area contributed by atoms with E-state index in [4.69, 9.17) is 4.98 Å². The molecule has 4 nitrogen and oxygen atoms in total. The molecule has 0 unspecified atom stereocenters. The number of anilines is 1. The van der Waals surface area contributed by atoms with Gasteiger partial charge in [-0.25, -0.2) is 9.97 Å². The predicted octanol–water partition coefficient (Wildman–Crippen LogP) is 1.85. The Balaban J connectivity index is 2.33. The molecule has 94 valence electrons. The summed E-state index contributed by atoms with van der Waals surface area (Å²) in [6, 6.07) is 0. The van der Waals surface area contributed by atoms with E-state index in [1.807, 2.05) is 0 Å². The van der Waals surface area contributed by atoms with Gasteiger partial charge >= 0.3 is 0 Å². The van der Waals surface area contributed by atoms with E-state index in [9.17, 15) is 0 Å². The third kappa shape index (κ3) is 2.94. The number of aryl methyl sites for hydroxylation is 1. The van der Waals surface area contributed by atoms with Crippen LogP contribution in [0.5, 0.6) is 0 Å². The molecule has 1 N–H and O–H groups in total. The summed E-state index contributed by atoms with van der Waals surface area (Å²) >= 11 is 0. The Kier molecular flexibility index (Phi) is 3.94. The van der Waals surface area contributed by atoms with Gasteiger partial charge in [-0.3, -0.25) is 0 Å². The van der Waals surface area contributed by atoms with Gasteiger partial charge in [-0.05, 0) is 46.7 Å². The zero-order chi connectivity index (χ0) is 12.3. The van der Waals surface area contributed by atoms with Gasteiger partial charge in [0.15, 0.2) is 0 Å². The largest absolute Gasteiger partial charge is 0.370 e. The average molecular weight is 234 g/mol. The number of nitrogens with zero attached hydrogens (tertiary/aromatic N) is 3. The van der Waals surface area contributed by atoms with Crippen LogP contribution in [0.25, 0.3) is 0 Å². The second-order valence-corrected chi connectivity index (χ2v) is 4.89. The fourth-order valence-corrected chi connectivity index (χ4v) is 2.31. The Morgan fingerprint density at radius 1 is 1.18 bits per heavy atom. The van der Waals surface area contributed by atoms with Crippen molar-refractivity contribution in [2.45, 2.75) is 39.2 Å². The van der Waals surface area contributed by atoms with Crippen molar-refractivity contribution < 1.29 is 0 Å². The highest BCUT2D eigenvalue weighted by molar-refractivity contribution is 5.47. The Bertz CT molecular complexity index is 387. The number of rotatable bonds is 4. The van der Waals surface area contributed by atoms with Gasteiger partial charge < -0.3 is 10.2 Å². The summed E-state index contributed by atoms with van der Waals surface area (Å²) in [7, 11) is 4.10. The third-order valence-corrected chi connectivity index (χ3v) is 3.03. The van der Waals surface area contributed by atoms with Crippen molar-refractivity contribution in [1.29, 1.82) is 0 Å². The van der Waals surface area contributed by atoms with E-state index < -0.39 is 0 Å². The van der Waals surface area contributed by atoms with Crippen LogP contribution in [0.4, 0.5) is 5.82 Å². The molecule has 1 aliphatic rings. The number of aromatic nitrogens is 2. The van der Waals surface area contributed by atoms with Crippen LogP contribution < -0.4 is 5.32 Å². The first-order valence-corrected chi connectivity index (χ1v) is 6.48. The monoisotopic (exact) mass is 234 g/mol. The molecule has 0 saturated carbocycles. The summed E-state index contributed by atoms with van der Waals surface area (Å²) in [5.74, 6) is 2.00. The van der Waals surface area contributed by atoms with Crippen LogP contribution in [-0.4, -0.2) is 35.5 Å². The molecule has 0 amide bonds. The van der Waals surface area contributed by atoms with Crippen molar-refractivity contribution in [3.8, 4) is 0 Å². The molecule has 4 heteroatoms. The summed E-state index contributed by atoms with van der Waals surface area (Å²) in [5, 5.41) is 3.38. The van der Waals surface area contributed by atoms with Gasteiger partial charge in [-0.2, -0.15) is 0 Å². The Morgan fingerprint density at radius 2 is 1.94 bits per heavy atom. The molecule has 1 aromatic heterocycles. The summed E-state index contributed by atoms with van der Waals surface area (Å²) in [4.78, 5) is 11.5. The first kappa shape index (κ1) is 12.3. The highest BCUT2D eigenvalue weighted by atomic mass is 15.1. The van der Waals surface area contributed by atoms with Gasteiger partial charge in [0, 0.05) is 17.8 Å².